The van der Waals surface area contributed by atoms with Crippen molar-refractivity contribution in [2.24, 2.45) is 5.92 Å². The molecule has 1 heterocycles. The summed E-state index contributed by atoms with van der Waals surface area (Å²) < 4.78 is 5.00. The minimum Gasteiger partial charge on any atom is -0.465 e. The van der Waals surface area contributed by atoms with Gasteiger partial charge >= 0.3 is 5.97 Å². The monoisotopic (exact) mass is 268 g/mol. The molecule has 1 aliphatic carbocycles. The Labute approximate surface area is 116 Å². The molecule has 19 heavy (non-hydrogen) atoms. The van der Waals surface area contributed by atoms with Crippen LogP contribution in [0.4, 0.5) is 0 Å². The molecule has 0 aromatic rings. The smallest absolute Gasteiger partial charge is 0.319 e. The first kappa shape index (κ1) is 14.8. The van der Waals surface area contributed by atoms with Gasteiger partial charge in [0.05, 0.1) is 13.2 Å². The predicted octanol–water partition coefficient (Wildman–Crippen LogP) is 1.84. The third kappa shape index (κ3) is 4.46. The number of rotatable bonds is 5. The quantitative estimate of drug-likeness (QED) is 0.747. The van der Waals surface area contributed by atoms with Gasteiger partial charge in [0.2, 0.25) is 0 Å². The normalized spacial score (nSPS) is 31.9. The van der Waals surface area contributed by atoms with Gasteiger partial charge in [0.1, 0.15) is 0 Å². The SMILES string of the molecule is CCOC(=O)CNC1CCCCC1C1CCCCN1. The van der Waals surface area contributed by atoms with Gasteiger partial charge in [-0.15, -0.1) is 0 Å². The Balaban J connectivity index is 1.82. The molecule has 2 fully saturated rings. The van der Waals surface area contributed by atoms with E-state index in [1.165, 1.54) is 44.9 Å². The Morgan fingerprint density at radius 1 is 1.21 bits per heavy atom. The Morgan fingerprint density at radius 2 is 2.00 bits per heavy atom. The van der Waals surface area contributed by atoms with Gasteiger partial charge in [-0.1, -0.05) is 19.3 Å². The highest BCUT2D eigenvalue weighted by Gasteiger charge is 2.32. The lowest BCUT2D eigenvalue weighted by molar-refractivity contribution is -0.142. The molecule has 2 N–H and O–H groups in total. The van der Waals surface area contributed by atoms with E-state index >= 15 is 0 Å². The molecule has 4 nitrogen and oxygen atoms in total. The van der Waals surface area contributed by atoms with Crippen LogP contribution in [0.2, 0.25) is 0 Å². The van der Waals surface area contributed by atoms with Crippen molar-refractivity contribution in [3.8, 4) is 0 Å². The summed E-state index contributed by atoms with van der Waals surface area (Å²) in [5, 5.41) is 7.11. The van der Waals surface area contributed by atoms with Crippen molar-refractivity contribution in [1.82, 2.24) is 10.6 Å². The van der Waals surface area contributed by atoms with Gasteiger partial charge in [0.15, 0.2) is 0 Å². The summed E-state index contributed by atoms with van der Waals surface area (Å²) in [4.78, 5) is 11.5. The lowest BCUT2D eigenvalue weighted by Gasteiger charge is -2.39. The van der Waals surface area contributed by atoms with Gasteiger partial charge in [0.25, 0.3) is 0 Å². The molecule has 0 amide bonds. The topological polar surface area (TPSA) is 50.4 Å². The summed E-state index contributed by atoms with van der Waals surface area (Å²) in [5.41, 5.74) is 0. The lowest BCUT2D eigenvalue weighted by atomic mass is 9.77. The average Bonchev–Trinajstić information content (AvgIpc) is 2.47. The van der Waals surface area contributed by atoms with Crippen LogP contribution in [0.1, 0.15) is 51.9 Å². The molecule has 110 valence electrons. The molecular formula is C15H28N2O2. The predicted molar refractivity (Wildman–Crippen MR) is 76.0 cm³/mol. The zero-order chi connectivity index (χ0) is 13.5. The number of carbonyl (C=O) groups is 1. The molecule has 1 saturated carbocycles. The van der Waals surface area contributed by atoms with Crippen LogP contribution in [0.3, 0.4) is 0 Å². The molecule has 1 aliphatic heterocycles. The van der Waals surface area contributed by atoms with Gasteiger partial charge in [0, 0.05) is 12.1 Å². The van der Waals surface area contributed by atoms with Crippen LogP contribution in [0, 0.1) is 5.92 Å². The van der Waals surface area contributed by atoms with Crippen LogP contribution < -0.4 is 10.6 Å². The number of hydrogen-bond acceptors (Lipinski definition) is 4. The number of carbonyl (C=O) groups excluding carboxylic acids is 1. The second-order valence-corrected chi connectivity index (χ2v) is 5.80. The largest absolute Gasteiger partial charge is 0.465 e. The van der Waals surface area contributed by atoms with Gasteiger partial charge in [-0.2, -0.15) is 0 Å². The zero-order valence-corrected chi connectivity index (χ0v) is 12.1. The van der Waals surface area contributed by atoms with Crippen LogP contribution in [-0.2, 0) is 9.53 Å². The molecule has 3 unspecified atom stereocenters. The molecular weight excluding hydrogens is 240 g/mol. The number of nitrogens with one attached hydrogen (secondary N) is 2. The molecule has 0 radical (unpaired) electrons. The average molecular weight is 268 g/mol. The summed E-state index contributed by atoms with van der Waals surface area (Å²) in [6, 6.07) is 1.13. The van der Waals surface area contributed by atoms with Crippen molar-refractivity contribution < 1.29 is 9.53 Å². The molecule has 1 saturated heterocycles. The van der Waals surface area contributed by atoms with E-state index in [2.05, 4.69) is 10.6 Å². The summed E-state index contributed by atoms with van der Waals surface area (Å²) in [7, 11) is 0. The number of piperidine rings is 1. The van der Waals surface area contributed by atoms with E-state index in [-0.39, 0.29) is 5.97 Å². The van der Waals surface area contributed by atoms with Crippen LogP contribution in [-0.4, -0.2) is 37.7 Å². The maximum atomic E-state index is 11.5. The van der Waals surface area contributed by atoms with E-state index in [9.17, 15) is 4.79 Å². The van der Waals surface area contributed by atoms with Gasteiger partial charge in [-0.3, -0.25) is 4.79 Å². The number of esters is 1. The van der Waals surface area contributed by atoms with Gasteiger partial charge in [-0.25, -0.2) is 0 Å². The Hall–Kier alpha value is -0.610. The first-order valence-corrected chi connectivity index (χ1v) is 7.93. The van der Waals surface area contributed by atoms with Crippen LogP contribution >= 0.6 is 0 Å². The molecule has 3 atom stereocenters. The van der Waals surface area contributed by atoms with Crippen molar-refractivity contribution in [3.05, 3.63) is 0 Å². The maximum absolute atomic E-state index is 11.5. The lowest BCUT2D eigenvalue weighted by Crippen LogP contribution is -2.51. The van der Waals surface area contributed by atoms with E-state index < -0.39 is 0 Å². The maximum Gasteiger partial charge on any atom is 0.319 e. The first-order chi connectivity index (χ1) is 9.31. The van der Waals surface area contributed by atoms with Crippen molar-refractivity contribution in [3.63, 3.8) is 0 Å². The number of ether oxygens (including phenoxy) is 1. The van der Waals surface area contributed by atoms with E-state index in [1.54, 1.807) is 0 Å². The standard InChI is InChI=1S/C15H28N2O2/c1-2-19-15(18)11-17-14-8-4-3-7-12(14)13-9-5-6-10-16-13/h12-14,16-17H,2-11H2,1H3. The van der Waals surface area contributed by atoms with Crippen LogP contribution in [0.5, 0.6) is 0 Å². The van der Waals surface area contributed by atoms with E-state index in [4.69, 9.17) is 4.74 Å². The summed E-state index contributed by atoms with van der Waals surface area (Å²) >= 11 is 0. The molecule has 0 aromatic heterocycles. The molecule has 2 aliphatic rings. The molecule has 4 heteroatoms. The molecule has 0 aromatic carbocycles. The van der Waals surface area contributed by atoms with Crippen molar-refractivity contribution >= 4 is 5.97 Å². The molecule has 2 rings (SSSR count). The Morgan fingerprint density at radius 3 is 2.74 bits per heavy atom. The molecule has 0 bridgehead atoms. The number of hydrogen-bond donors (Lipinski definition) is 2. The molecule has 0 spiro atoms. The summed E-state index contributed by atoms with van der Waals surface area (Å²) in [5.74, 6) is 0.562. The van der Waals surface area contributed by atoms with Gasteiger partial charge in [-0.05, 0) is 45.1 Å². The minimum atomic E-state index is -0.122. The van der Waals surface area contributed by atoms with E-state index in [0.717, 1.165) is 6.54 Å². The van der Waals surface area contributed by atoms with Gasteiger partial charge < -0.3 is 15.4 Å². The fourth-order valence-electron chi connectivity index (χ4n) is 3.57. The van der Waals surface area contributed by atoms with Crippen LogP contribution in [0.15, 0.2) is 0 Å². The highest BCUT2D eigenvalue weighted by molar-refractivity contribution is 5.71. The fourth-order valence-corrected chi connectivity index (χ4v) is 3.57. The highest BCUT2D eigenvalue weighted by Crippen LogP contribution is 2.30. The van der Waals surface area contributed by atoms with E-state index in [0.29, 0.717) is 31.2 Å². The van der Waals surface area contributed by atoms with Crippen molar-refractivity contribution in [2.75, 3.05) is 19.7 Å². The zero-order valence-electron chi connectivity index (χ0n) is 12.1. The fraction of sp³-hybridized carbons (Fsp3) is 0.933. The Bertz CT molecular complexity index is 277. The minimum absolute atomic E-state index is 0.122. The third-order valence-corrected chi connectivity index (χ3v) is 4.50. The third-order valence-electron chi connectivity index (χ3n) is 4.50. The van der Waals surface area contributed by atoms with E-state index in [1.807, 2.05) is 6.92 Å². The van der Waals surface area contributed by atoms with Crippen molar-refractivity contribution in [2.45, 2.75) is 64.0 Å². The summed E-state index contributed by atoms with van der Waals surface area (Å²) in [6.45, 7) is 3.85. The van der Waals surface area contributed by atoms with Crippen LogP contribution in [0.25, 0.3) is 0 Å². The second kappa shape index (κ2) is 7.85. The summed E-state index contributed by atoms with van der Waals surface area (Å²) in [6.07, 6.45) is 9.05. The first-order valence-electron chi connectivity index (χ1n) is 7.93. The Kier molecular flexibility index (Phi) is 6.11. The highest BCUT2D eigenvalue weighted by atomic mass is 16.5. The van der Waals surface area contributed by atoms with Crippen molar-refractivity contribution in [1.29, 1.82) is 0 Å². The second-order valence-electron chi connectivity index (χ2n) is 5.80.